The van der Waals surface area contributed by atoms with Crippen molar-refractivity contribution in [2.24, 2.45) is 0 Å². The van der Waals surface area contributed by atoms with E-state index in [0.29, 0.717) is 34.3 Å². The lowest BCUT2D eigenvalue weighted by Crippen LogP contribution is -2.50. The summed E-state index contributed by atoms with van der Waals surface area (Å²) in [5, 5.41) is 3.85. The molecule has 0 bridgehead atoms. The van der Waals surface area contributed by atoms with Crippen molar-refractivity contribution in [3.8, 4) is 5.75 Å². The van der Waals surface area contributed by atoms with Gasteiger partial charge in [-0.25, -0.2) is 0 Å². The quantitative estimate of drug-likeness (QED) is 0.357. The molecule has 5 nitrogen and oxygen atoms in total. The minimum atomic E-state index is -0.661. The van der Waals surface area contributed by atoms with Crippen molar-refractivity contribution in [3.63, 3.8) is 0 Å². The van der Waals surface area contributed by atoms with Crippen molar-refractivity contribution < 1.29 is 14.3 Å². The number of ether oxygens (including phenoxy) is 1. The number of unbranched alkanes of at least 4 members (excludes halogenated alkanes) is 1. The zero-order valence-electron chi connectivity index (χ0n) is 19.9. The number of hydrogen-bond donors (Lipinski definition) is 1. The standard InChI is InChI=1S/C26H34Cl2N2O3/c1-5-7-15-29-26(32)23(6-2)30(16-20-21(27)12-10-13-22(20)28)25(31)17-33-24-14-9-8-11-19(24)18(3)4/h8-14,18,23H,5-7,15-17H2,1-4H3,(H,29,32)/t23-/m1/s1. The van der Waals surface area contributed by atoms with Crippen LogP contribution in [0.1, 0.15) is 64.0 Å². The summed E-state index contributed by atoms with van der Waals surface area (Å²) in [4.78, 5) is 27.9. The summed E-state index contributed by atoms with van der Waals surface area (Å²) in [6.07, 6.45) is 2.30. The average molecular weight is 493 g/mol. The highest BCUT2D eigenvalue weighted by Crippen LogP contribution is 2.28. The molecule has 0 aliphatic carbocycles. The van der Waals surface area contributed by atoms with Gasteiger partial charge in [-0.3, -0.25) is 9.59 Å². The second-order valence-corrected chi connectivity index (χ2v) is 9.09. The SMILES string of the molecule is CCCCNC(=O)[C@@H](CC)N(Cc1c(Cl)cccc1Cl)C(=O)COc1ccccc1C(C)C. The van der Waals surface area contributed by atoms with E-state index in [2.05, 4.69) is 26.1 Å². The Morgan fingerprint density at radius 1 is 1.03 bits per heavy atom. The van der Waals surface area contributed by atoms with Crippen molar-refractivity contribution in [2.45, 2.75) is 65.5 Å². The van der Waals surface area contributed by atoms with Crippen LogP contribution in [0.25, 0.3) is 0 Å². The summed E-state index contributed by atoms with van der Waals surface area (Å²) in [6, 6.07) is 12.2. The van der Waals surface area contributed by atoms with E-state index in [1.807, 2.05) is 31.2 Å². The number of carbonyl (C=O) groups excluding carboxylic acids is 2. The molecule has 180 valence electrons. The molecule has 0 heterocycles. The zero-order valence-corrected chi connectivity index (χ0v) is 21.4. The topological polar surface area (TPSA) is 58.6 Å². The summed E-state index contributed by atoms with van der Waals surface area (Å²) in [7, 11) is 0. The van der Waals surface area contributed by atoms with E-state index in [0.717, 1.165) is 18.4 Å². The first-order valence-corrected chi connectivity index (χ1v) is 12.3. The van der Waals surface area contributed by atoms with Crippen molar-refractivity contribution in [1.29, 1.82) is 0 Å². The van der Waals surface area contributed by atoms with E-state index in [1.165, 1.54) is 4.90 Å². The molecule has 1 atom stereocenters. The highest BCUT2D eigenvalue weighted by Gasteiger charge is 2.30. The molecule has 0 unspecified atom stereocenters. The van der Waals surface area contributed by atoms with Gasteiger partial charge in [0.25, 0.3) is 5.91 Å². The highest BCUT2D eigenvalue weighted by atomic mass is 35.5. The molecule has 0 spiro atoms. The molecule has 33 heavy (non-hydrogen) atoms. The van der Waals surface area contributed by atoms with Crippen LogP contribution in [0.4, 0.5) is 0 Å². The van der Waals surface area contributed by atoms with Crippen molar-refractivity contribution >= 4 is 35.0 Å². The number of rotatable bonds is 12. The third-order valence-corrected chi connectivity index (χ3v) is 6.21. The molecule has 2 aromatic carbocycles. The van der Waals surface area contributed by atoms with E-state index < -0.39 is 6.04 Å². The lowest BCUT2D eigenvalue weighted by Gasteiger charge is -2.31. The fourth-order valence-corrected chi connectivity index (χ4v) is 4.11. The van der Waals surface area contributed by atoms with Crippen molar-refractivity contribution in [3.05, 3.63) is 63.6 Å². The Morgan fingerprint density at radius 2 is 1.70 bits per heavy atom. The predicted octanol–water partition coefficient (Wildman–Crippen LogP) is 6.22. The summed E-state index contributed by atoms with van der Waals surface area (Å²) in [6.45, 7) is 8.58. The molecule has 0 aliphatic heterocycles. The minimum absolute atomic E-state index is 0.117. The molecule has 1 N–H and O–H groups in total. The first-order chi connectivity index (χ1) is 15.8. The molecule has 2 aromatic rings. The van der Waals surface area contributed by atoms with E-state index in [-0.39, 0.29) is 30.9 Å². The van der Waals surface area contributed by atoms with E-state index in [4.69, 9.17) is 27.9 Å². The van der Waals surface area contributed by atoms with Crippen LogP contribution in [-0.4, -0.2) is 35.9 Å². The summed E-state index contributed by atoms with van der Waals surface area (Å²) < 4.78 is 5.92. The van der Waals surface area contributed by atoms with Crippen LogP contribution in [0.5, 0.6) is 5.75 Å². The maximum atomic E-state index is 13.4. The number of hydrogen-bond acceptors (Lipinski definition) is 3. The van der Waals surface area contributed by atoms with E-state index in [9.17, 15) is 9.59 Å². The molecule has 0 saturated carbocycles. The Bertz CT molecular complexity index is 913. The number of benzene rings is 2. The number of amides is 2. The molecule has 7 heteroatoms. The number of halogens is 2. The minimum Gasteiger partial charge on any atom is -0.483 e. The van der Waals surface area contributed by atoms with Crippen LogP contribution in [0.15, 0.2) is 42.5 Å². The van der Waals surface area contributed by atoms with Crippen LogP contribution in [-0.2, 0) is 16.1 Å². The lowest BCUT2D eigenvalue weighted by atomic mass is 10.0. The van der Waals surface area contributed by atoms with E-state index in [1.54, 1.807) is 18.2 Å². The van der Waals surface area contributed by atoms with Crippen LogP contribution in [0.3, 0.4) is 0 Å². The fraction of sp³-hybridized carbons (Fsp3) is 0.462. The molecule has 0 saturated heterocycles. The molecule has 0 fully saturated rings. The van der Waals surface area contributed by atoms with Gasteiger partial charge in [-0.1, -0.05) is 81.6 Å². The van der Waals surface area contributed by atoms with Gasteiger partial charge in [-0.15, -0.1) is 0 Å². The maximum Gasteiger partial charge on any atom is 0.261 e. The summed E-state index contributed by atoms with van der Waals surface area (Å²) in [5.74, 6) is 0.422. The molecule has 2 amide bonds. The molecule has 0 aromatic heterocycles. The van der Waals surface area contributed by atoms with Gasteiger partial charge in [0.2, 0.25) is 5.91 Å². The Hall–Kier alpha value is -2.24. The number of para-hydroxylation sites is 1. The van der Waals surface area contributed by atoms with E-state index >= 15 is 0 Å². The van der Waals surface area contributed by atoms with Gasteiger partial charge < -0.3 is 15.0 Å². The molecule has 2 rings (SSSR count). The van der Waals surface area contributed by atoms with Gasteiger partial charge >= 0.3 is 0 Å². The van der Waals surface area contributed by atoms with Gasteiger partial charge in [-0.2, -0.15) is 0 Å². The second-order valence-electron chi connectivity index (χ2n) is 8.27. The Kier molecular flexibility index (Phi) is 11.0. The molecular formula is C26H34Cl2N2O3. The smallest absolute Gasteiger partial charge is 0.261 e. The Balaban J connectivity index is 2.29. The van der Waals surface area contributed by atoms with Crippen molar-refractivity contribution in [2.75, 3.05) is 13.2 Å². The van der Waals surface area contributed by atoms with Crippen LogP contribution in [0.2, 0.25) is 10.0 Å². The largest absolute Gasteiger partial charge is 0.483 e. The lowest BCUT2D eigenvalue weighted by molar-refractivity contribution is -0.143. The second kappa shape index (κ2) is 13.5. The number of carbonyl (C=O) groups is 2. The number of nitrogens with zero attached hydrogens (tertiary/aromatic N) is 1. The van der Waals surface area contributed by atoms with Gasteiger partial charge in [0.15, 0.2) is 6.61 Å². The predicted molar refractivity (Wildman–Crippen MR) is 135 cm³/mol. The summed E-state index contributed by atoms with van der Waals surface area (Å²) in [5.41, 5.74) is 1.63. The zero-order chi connectivity index (χ0) is 24.4. The van der Waals surface area contributed by atoms with Gasteiger partial charge in [0.1, 0.15) is 11.8 Å². The normalized spacial score (nSPS) is 11.8. The maximum absolute atomic E-state index is 13.4. The van der Waals surface area contributed by atoms with Crippen LogP contribution >= 0.6 is 23.2 Å². The Morgan fingerprint density at radius 3 is 2.30 bits per heavy atom. The average Bonchev–Trinajstić information content (AvgIpc) is 2.79. The van der Waals surface area contributed by atoms with Gasteiger partial charge in [0.05, 0.1) is 0 Å². The first kappa shape index (κ1) is 27.0. The fourth-order valence-electron chi connectivity index (χ4n) is 3.59. The first-order valence-electron chi connectivity index (χ1n) is 11.5. The van der Waals surface area contributed by atoms with Gasteiger partial charge in [-0.05, 0) is 42.5 Å². The van der Waals surface area contributed by atoms with Gasteiger partial charge in [0, 0.05) is 28.7 Å². The van der Waals surface area contributed by atoms with Crippen molar-refractivity contribution in [1.82, 2.24) is 10.2 Å². The monoisotopic (exact) mass is 492 g/mol. The molecular weight excluding hydrogens is 459 g/mol. The molecule has 0 radical (unpaired) electrons. The molecule has 0 aliphatic rings. The summed E-state index contributed by atoms with van der Waals surface area (Å²) >= 11 is 12.8. The van der Waals surface area contributed by atoms with Crippen LogP contribution < -0.4 is 10.1 Å². The third kappa shape index (κ3) is 7.65. The third-order valence-electron chi connectivity index (χ3n) is 5.50. The van der Waals surface area contributed by atoms with Crippen LogP contribution in [0, 0.1) is 0 Å². The Labute approximate surface area is 207 Å². The number of nitrogens with one attached hydrogen (secondary N) is 1. The highest BCUT2D eigenvalue weighted by molar-refractivity contribution is 6.36.